The molecule has 1 aromatic heterocycles. The van der Waals surface area contributed by atoms with Crippen molar-refractivity contribution in [2.24, 2.45) is 0 Å². The Morgan fingerprint density at radius 3 is 2.95 bits per heavy atom. The molecule has 3 heterocycles. The van der Waals surface area contributed by atoms with E-state index in [2.05, 4.69) is 41.3 Å². The summed E-state index contributed by atoms with van der Waals surface area (Å²) in [6, 6.07) is 0.245. The summed E-state index contributed by atoms with van der Waals surface area (Å²) in [6.45, 7) is 7.30. The molecule has 0 aliphatic carbocycles. The van der Waals surface area contributed by atoms with Crippen LogP contribution < -0.4 is 5.32 Å². The van der Waals surface area contributed by atoms with Gasteiger partial charge in [-0.2, -0.15) is 4.98 Å². The predicted molar refractivity (Wildman–Crippen MR) is 76.6 cm³/mol. The largest absolute Gasteiger partial charge is 0.339 e. The number of aromatic nitrogens is 2. The Balaban J connectivity index is 1.82. The molecule has 1 N–H and O–H groups in total. The van der Waals surface area contributed by atoms with Gasteiger partial charge in [0.2, 0.25) is 5.89 Å². The first kappa shape index (κ1) is 14.0. The molecule has 2 unspecified atom stereocenters. The van der Waals surface area contributed by atoms with Crippen molar-refractivity contribution in [3.8, 4) is 0 Å². The van der Waals surface area contributed by atoms with Crippen LogP contribution in [0.2, 0.25) is 0 Å². The molecule has 2 fully saturated rings. The molecule has 0 amide bonds. The Labute approximate surface area is 120 Å². The van der Waals surface area contributed by atoms with Gasteiger partial charge in [0, 0.05) is 26.2 Å². The minimum absolute atomic E-state index is 0.0460. The molecule has 6 nitrogen and oxygen atoms in total. The van der Waals surface area contributed by atoms with Gasteiger partial charge in [0.05, 0.1) is 11.5 Å². The van der Waals surface area contributed by atoms with E-state index < -0.39 is 0 Å². The summed E-state index contributed by atoms with van der Waals surface area (Å²) in [5.41, 5.74) is 0.0460. The molecule has 3 rings (SSSR count). The Morgan fingerprint density at radius 2 is 2.25 bits per heavy atom. The molecule has 0 aromatic carbocycles. The first-order chi connectivity index (χ1) is 9.64. The van der Waals surface area contributed by atoms with Crippen LogP contribution in [0.1, 0.15) is 37.5 Å². The molecule has 2 atom stereocenters. The van der Waals surface area contributed by atoms with Crippen LogP contribution in [-0.2, 0) is 5.41 Å². The molecule has 0 spiro atoms. The molecule has 1 aromatic rings. The summed E-state index contributed by atoms with van der Waals surface area (Å²) >= 11 is 0. The lowest BCUT2D eigenvalue weighted by Crippen LogP contribution is -2.45. The van der Waals surface area contributed by atoms with E-state index in [9.17, 15) is 0 Å². The molecule has 112 valence electrons. The molecule has 0 bridgehead atoms. The highest BCUT2D eigenvalue weighted by Crippen LogP contribution is 2.34. The monoisotopic (exact) mass is 279 g/mol. The highest BCUT2D eigenvalue weighted by Gasteiger charge is 2.40. The fourth-order valence-corrected chi connectivity index (χ4v) is 3.25. The van der Waals surface area contributed by atoms with Gasteiger partial charge in [0.1, 0.15) is 0 Å². The summed E-state index contributed by atoms with van der Waals surface area (Å²) in [7, 11) is 4.29. The third-order valence-electron chi connectivity index (χ3n) is 4.97. The second kappa shape index (κ2) is 5.42. The fourth-order valence-electron chi connectivity index (χ4n) is 3.25. The molecule has 2 aliphatic heterocycles. The highest BCUT2D eigenvalue weighted by atomic mass is 16.5. The maximum atomic E-state index is 5.63. The third kappa shape index (κ3) is 2.36. The van der Waals surface area contributed by atoms with E-state index in [1.165, 1.54) is 0 Å². The van der Waals surface area contributed by atoms with Crippen molar-refractivity contribution in [2.45, 2.75) is 31.2 Å². The van der Waals surface area contributed by atoms with Crippen LogP contribution in [0.3, 0.4) is 0 Å². The highest BCUT2D eigenvalue weighted by molar-refractivity contribution is 5.11. The van der Waals surface area contributed by atoms with Gasteiger partial charge >= 0.3 is 0 Å². The van der Waals surface area contributed by atoms with Crippen molar-refractivity contribution in [3.05, 3.63) is 11.7 Å². The molecule has 0 radical (unpaired) electrons. The Kier molecular flexibility index (Phi) is 3.79. The van der Waals surface area contributed by atoms with Gasteiger partial charge in [0.25, 0.3) is 0 Å². The van der Waals surface area contributed by atoms with Crippen molar-refractivity contribution >= 4 is 0 Å². The zero-order valence-electron chi connectivity index (χ0n) is 12.7. The lowest BCUT2D eigenvalue weighted by molar-refractivity contribution is 0.108. The lowest BCUT2D eigenvalue weighted by atomic mass is 9.84. The van der Waals surface area contributed by atoms with E-state index in [1.54, 1.807) is 0 Å². The third-order valence-corrected chi connectivity index (χ3v) is 4.97. The number of hydrogen-bond donors (Lipinski definition) is 1. The van der Waals surface area contributed by atoms with Crippen molar-refractivity contribution in [1.29, 1.82) is 0 Å². The van der Waals surface area contributed by atoms with E-state index in [0.717, 1.165) is 57.3 Å². The summed E-state index contributed by atoms with van der Waals surface area (Å²) in [5.74, 6) is 1.66. The molecular weight excluding hydrogens is 254 g/mol. The van der Waals surface area contributed by atoms with Gasteiger partial charge in [-0.3, -0.25) is 4.90 Å². The van der Waals surface area contributed by atoms with E-state index in [4.69, 9.17) is 9.51 Å². The van der Waals surface area contributed by atoms with Gasteiger partial charge in [0.15, 0.2) is 5.82 Å². The van der Waals surface area contributed by atoms with Crippen LogP contribution in [0.4, 0.5) is 0 Å². The smallest absolute Gasteiger partial charge is 0.234 e. The van der Waals surface area contributed by atoms with Crippen LogP contribution >= 0.6 is 0 Å². The standard InChI is InChI=1S/C14H25N5O/c1-4-14(5-6-15-10-14)13-16-12(17-20-13)11-9-18(2)7-8-19(11)3/h11,15H,4-10H2,1-3H3. The number of nitrogens with one attached hydrogen (secondary N) is 1. The number of likely N-dealkylation sites (N-methyl/N-ethyl adjacent to an activating group) is 2. The zero-order chi connectivity index (χ0) is 14.2. The van der Waals surface area contributed by atoms with Crippen molar-refractivity contribution in [3.63, 3.8) is 0 Å². The quantitative estimate of drug-likeness (QED) is 0.876. The van der Waals surface area contributed by atoms with Gasteiger partial charge in [-0.1, -0.05) is 12.1 Å². The maximum absolute atomic E-state index is 5.63. The Morgan fingerprint density at radius 1 is 1.40 bits per heavy atom. The molecule has 20 heavy (non-hydrogen) atoms. The van der Waals surface area contributed by atoms with Crippen LogP contribution in [-0.4, -0.2) is 66.8 Å². The number of nitrogens with zero attached hydrogens (tertiary/aromatic N) is 4. The second-order valence-electron chi connectivity index (χ2n) is 6.28. The topological polar surface area (TPSA) is 57.4 Å². The average molecular weight is 279 g/mol. The minimum Gasteiger partial charge on any atom is -0.339 e. The lowest BCUT2D eigenvalue weighted by Gasteiger charge is -2.35. The Hall–Kier alpha value is -0.980. The molecule has 2 aliphatic rings. The van der Waals surface area contributed by atoms with E-state index in [0.29, 0.717) is 0 Å². The van der Waals surface area contributed by atoms with E-state index in [1.807, 2.05) is 0 Å². The molecule has 2 saturated heterocycles. The fraction of sp³-hybridized carbons (Fsp3) is 0.857. The summed E-state index contributed by atoms with van der Waals surface area (Å²) in [6.07, 6.45) is 2.13. The SMILES string of the molecule is CCC1(c2nc(C3CN(C)CCN3C)no2)CCNC1. The van der Waals surface area contributed by atoms with Gasteiger partial charge in [-0.15, -0.1) is 0 Å². The first-order valence-electron chi connectivity index (χ1n) is 7.58. The molecule has 0 saturated carbocycles. The molecular formula is C14H25N5O. The van der Waals surface area contributed by atoms with Crippen LogP contribution in [0.15, 0.2) is 4.52 Å². The van der Waals surface area contributed by atoms with Gasteiger partial charge in [-0.05, 0) is 33.5 Å². The van der Waals surface area contributed by atoms with Gasteiger partial charge < -0.3 is 14.7 Å². The zero-order valence-corrected chi connectivity index (χ0v) is 12.7. The Bertz CT molecular complexity index is 454. The number of piperazine rings is 1. The van der Waals surface area contributed by atoms with Crippen LogP contribution in [0.25, 0.3) is 0 Å². The van der Waals surface area contributed by atoms with Crippen molar-refractivity contribution in [2.75, 3.05) is 46.8 Å². The predicted octanol–water partition coefficient (Wildman–Crippen LogP) is 0.629. The van der Waals surface area contributed by atoms with E-state index in [-0.39, 0.29) is 11.5 Å². The maximum Gasteiger partial charge on any atom is 0.234 e. The normalized spacial score (nSPS) is 32.9. The second-order valence-corrected chi connectivity index (χ2v) is 6.28. The van der Waals surface area contributed by atoms with Crippen LogP contribution in [0, 0.1) is 0 Å². The van der Waals surface area contributed by atoms with Crippen molar-refractivity contribution < 1.29 is 4.52 Å². The molecule has 6 heteroatoms. The minimum atomic E-state index is 0.0460. The van der Waals surface area contributed by atoms with Crippen LogP contribution in [0.5, 0.6) is 0 Å². The van der Waals surface area contributed by atoms with E-state index >= 15 is 0 Å². The first-order valence-corrected chi connectivity index (χ1v) is 7.58. The van der Waals surface area contributed by atoms with Gasteiger partial charge in [-0.25, -0.2) is 0 Å². The number of rotatable bonds is 3. The number of hydrogen-bond acceptors (Lipinski definition) is 6. The summed E-state index contributed by atoms with van der Waals surface area (Å²) < 4.78 is 5.63. The van der Waals surface area contributed by atoms with Crippen molar-refractivity contribution in [1.82, 2.24) is 25.3 Å². The summed E-state index contributed by atoms with van der Waals surface area (Å²) in [5, 5.41) is 7.70. The average Bonchev–Trinajstić information content (AvgIpc) is 3.10. The summed E-state index contributed by atoms with van der Waals surface area (Å²) in [4.78, 5) is 9.40.